The van der Waals surface area contributed by atoms with Gasteiger partial charge in [-0.1, -0.05) is 12.1 Å². The lowest BCUT2D eigenvalue weighted by Crippen LogP contribution is -2.02. The minimum atomic E-state index is 0.462. The third-order valence-electron chi connectivity index (χ3n) is 2.53. The summed E-state index contributed by atoms with van der Waals surface area (Å²) in [7, 11) is 0. The number of rotatable bonds is 5. The first-order chi connectivity index (χ1) is 8.28. The molecule has 0 amide bonds. The number of ether oxygens (including phenoxy) is 1. The van der Waals surface area contributed by atoms with E-state index in [9.17, 15) is 0 Å². The monoisotopic (exact) mass is 231 g/mol. The van der Waals surface area contributed by atoms with E-state index in [1.54, 1.807) is 0 Å². The van der Waals surface area contributed by atoms with E-state index in [1.165, 1.54) is 5.56 Å². The van der Waals surface area contributed by atoms with Crippen LogP contribution in [0.2, 0.25) is 0 Å². The predicted octanol–water partition coefficient (Wildman–Crippen LogP) is 2.67. The van der Waals surface area contributed by atoms with Gasteiger partial charge in [-0.3, -0.25) is 0 Å². The summed E-state index contributed by atoms with van der Waals surface area (Å²) in [5.74, 6) is 2.59. The highest BCUT2D eigenvalue weighted by Crippen LogP contribution is 2.15. The van der Waals surface area contributed by atoms with Gasteiger partial charge in [0.2, 0.25) is 0 Å². The Morgan fingerprint density at radius 2 is 1.88 bits per heavy atom. The minimum Gasteiger partial charge on any atom is -0.486 e. The minimum absolute atomic E-state index is 0.462. The van der Waals surface area contributed by atoms with Crippen molar-refractivity contribution in [1.82, 2.24) is 0 Å². The van der Waals surface area contributed by atoms with Gasteiger partial charge in [-0.05, 0) is 49.7 Å². The first-order valence-corrected chi connectivity index (χ1v) is 5.75. The molecular formula is C14H17NO2. The molecule has 0 saturated heterocycles. The molecule has 0 radical (unpaired) electrons. The zero-order valence-electron chi connectivity index (χ0n) is 9.98. The van der Waals surface area contributed by atoms with Crippen LogP contribution in [0.25, 0.3) is 0 Å². The van der Waals surface area contributed by atoms with Gasteiger partial charge in [-0.15, -0.1) is 0 Å². The van der Waals surface area contributed by atoms with Crippen LogP contribution in [-0.2, 0) is 13.0 Å². The van der Waals surface area contributed by atoms with Crippen LogP contribution >= 0.6 is 0 Å². The molecule has 2 N–H and O–H groups in total. The largest absolute Gasteiger partial charge is 0.486 e. The lowest BCUT2D eigenvalue weighted by atomic mass is 10.1. The van der Waals surface area contributed by atoms with E-state index in [0.29, 0.717) is 13.2 Å². The Hall–Kier alpha value is -1.74. The molecule has 0 aliphatic carbocycles. The zero-order chi connectivity index (χ0) is 12.1. The van der Waals surface area contributed by atoms with Crippen molar-refractivity contribution in [2.45, 2.75) is 20.0 Å². The van der Waals surface area contributed by atoms with Crippen LogP contribution in [0, 0.1) is 6.92 Å². The summed E-state index contributed by atoms with van der Waals surface area (Å²) in [6.07, 6.45) is 0.900. The van der Waals surface area contributed by atoms with Crippen LogP contribution in [0.5, 0.6) is 5.75 Å². The maximum atomic E-state index is 5.61. The van der Waals surface area contributed by atoms with Crippen molar-refractivity contribution in [2.75, 3.05) is 6.54 Å². The molecule has 1 aromatic heterocycles. The fraction of sp³-hybridized carbons (Fsp3) is 0.286. The summed E-state index contributed by atoms with van der Waals surface area (Å²) in [6, 6.07) is 11.9. The zero-order valence-corrected chi connectivity index (χ0v) is 9.98. The highest BCUT2D eigenvalue weighted by atomic mass is 16.5. The molecule has 0 aliphatic heterocycles. The van der Waals surface area contributed by atoms with Gasteiger partial charge in [0, 0.05) is 0 Å². The van der Waals surface area contributed by atoms with Crippen molar-refractivity contribution in [3.05, 3.63) is 53.5 Å². The average molecular weight is 231 g/mol. The second kappa shape index (κ2) is 5.55. The first-order valence-electron chi connectivity index (χ1n) is 5.75. The number of furan rings is 1. The van der Waals surface area contributed by atoms with E-state index in [2.05, 4.69) is 0 Å². The van der Waals surface area contributed by atoms with Gasteiger partial charge >= 0.3 is 0 Å². The molecule has 1 heterocycles. The van der Waals surface area contributed by atoms with Crippen LogP contribution in [0.4, 0.5) is 0 Å². The topological polar surface area (TPSA) is 48.4 Å². The molecule has 0 spiro atoms. The third-order valence-corrected chi connectivity index (χ3v) is 2.53. The maximum absolute atomic E-state index is 5.61. The van der Waals surface area contributed by atoms with Crippen LogP contribution in [-0.4, -0.2) is 6.54 Å². The van der Waals surface area contributed by atoms with Crippen LogP contribution < -0.4 is 10.5 Å². The fourth-order valence-electron chi connectivity index (χ4n) is 1.64. The van der Waals surface area contributed by atoms with Gasteiger partial charge in [0.25, 0.3) is 0 Å². The molecule has 0 aliphatic rings. The Labute approximate surface area is 101 Å². The average Bonchev–Trinajstić information content (AvgIpc) is 2.75. The van der Waals surface area contributed by atoms with E-state index in [0.717, 1.165) is 23.7 Å². The molecule has 3 nitrogen and oxygen atoms in total. The molecule has 90 valence electrons. The second-order valence-corrected chi connectivity index (χ2v) is 3.98. The molecule has 3 heteroatoms. The smallest absolute Gasteiger partial charge is 0.146 e. The molecule has 0 bridgehead atoms. The Balaban J connectivity index is 1.90. The summed E-state index contributed by atoms with van der Waals surface area (Å²) in [6.45, 7) is 3.06. The van der Waals surface area contributed by atoms with E-state index >= 15 is 0 Å². The highest BCUT2D eigenvalue weighted by molar-refractivity contribution is 5.27. The van der Waals surface area contributed by atoms with Gasteiger partial charge < -0.3 is 14.9 Å². The van der Waals surface area contributed by atoms with Crippen molar-refractivity contribution in [2.24, 2.45) is 5.73 Å². The van der Waals surface area contributed by atoms with E-state index in [1.807, 2.05) is 43.3 Å². The van der Waals surface area contributed by atoms with Gasteiger partial charge in [0.15, 0.2) is 0 Å². The third kappa shape index (κ3) is 3.36. The highest BCUT2D eigenvalue weighted by Gasteiger charge is 2.00. The first kappa shape index (κ1) is 11.7. The Morgan fingerprint density at radius 3 is 2.47 bits per heavy atom. The van der Waals surface area contributed by atoms with Crippen molar-refractivity contribution < 1.29 is 9.15 Å². The molecule has 2 aromatic rings. The normalized spacial score (nSPS) is 10.5. The summed E-state index contributed by atoms with van der Waals surface area (Å²) in [5, 5.41) is 0. The summed E-state index contributed by atoms with van der Waals surface area (Å²) >= 11 is 0. The summed E-state index contributed by atoms with van der Waals surface area (Å²) in [5.41, 5.74) is 6.72. The Bertz CT molecular complexity index is 459. The summed E-state index contributed by atoms with van der Waals surface area (Å²) < 4.78 is 11.0. The van der Waals surface area contributed by atoms with Gasteiger partial charge in [0.1, 0.15) is 23.9 Å². The van der Waals surface area contributed by atoms with E-state index < -0.39 is 0 Å². The van der Waals surface area contributed by atoms with Crippen LogP contribution in [0.1, 0.15) is 17.1 Å². The number of hydrogen-bond acceptors (Lipinski definition) is 3. The number of benzene rings is 1. The molecule has 0 atom stereocenters. The standard InChI is InChI=1S/C14H17NO2/c1-11-2-5-14(17-11)10-16-13-6-3-12(4-7-13)8-9-15/h2-7H,8-10,15H2,1H3. The van der Waals surface area contributed by atoms with Gasteiger partial charge in [0.05, 0.1) is 0 Å². The molecule has 0 unspecified atom stereocenters. The van der Waals surface area contributed by atoms with Gasteiger partial charge in [-0.25, -0.2) is 0 Å². The molecular weight excluding hydrogens is 214 g/mol. The Morgan fingerprint density at radius 1 is 1.12 bits per heavy atom. The molecule has 2 rings (SSSR count). The van der Waals surface area contributed by atoms with Crippen LogP contribution in [0.3, 0.4) is 0 Å². The predicted molar refractivity (Wildman–Crippen MR) is 67.0 cm³/mol. The maximum Gasteiger partial charge on any atom is 0.146 e. The second-order valence-electron chi connectivity index (χ2n) is 3.98. The van der Waals surface area contributed by atoms with E-state index in [-0.39, 0.29) is 0 Å². The van der Waals surface area contributed by atoms with Gasteiger partial charge in [-0.2, -0.15) is 0 Å². The van der Waals surface area contributed by atoms with Crippen molar-refractivity contribution in [1.29, 1.82) is 0 Å². The van der Waals surface area contributed by atoms with Crippen molar-refractivity contribution in [3.8, 4) is 5.75 Å². The molecule has 0 fully saturated rings. The molecule has 17 heavy (non-hydrogen) atoms. The van der Waals surface area contributed by atoms with Crippen LogP contribution in [0.15, 0.2) is 40.8 Å². The van der Waals surface area contributed by atoms with Crippen molar-refractivity contribution in [3.63, 3.8) is 0 Å². The number of aryl methyl sites for hydroxylation is 1. The summed E-state index contributed by atoms with van der Waals surface area (Å²) in [4.78, 5) is 0. The quantitative estimate of drug-likeness (QED) is 0.860. The lowest BCUT2D eigenvalue weighted by Gasteiger charge is -2.05. The Kier molecular flexibility index (Phi) is 3.83. The fourth-order valence-corrected chi connectivity index (χ4v) is 1.64. The lowest BCUT2D eigenvalue weighted by molar-refractivity contribution is 0.267. The van der Waals surface area contributed by atoms with E-state index in [4.69, 9.17) is 14.9 Å². The SMILES string of the molecule is Cc1ccc(COc2ccc(CCN)cc2)o1. The molecule has 1 aromatic carbocycles. The number of nitrogens with two attached hydrogens (primary N) is 1. The molecule has 0 saturated carbocycles. The van der Waals surface area contributed by atoms with Crippen molar-refractivity contribution >= 4 is 0 Å². The number of hydrogen-bond donors (Lipinski definition) is 1.